The van der Waals surface area contributed by atoms with Gasteiger partial charge in [-0.05, 0) is 25.0 Å². The van der Waals surface area contributed by atoms with Crippen molar-refractivity contribution >= 4 is 11.9 Å². The molecule has 1 unspecified atom stereocenters. The van der Waals surface area contributed by atoms with Crippen molar-refractivity contribution in [3.63, 3.8) is 0 Å². The first-order valence-corrected chi connectivity index (χ1v) is 10.7. The summed E-state index contributed by atoms with van der Waals surface area (Å²) < 4.78 is 49.0. The Labute approximate surface area is 193 Å². The van der Waals surface area contributed by atoms with Crippen molar-refractivity contribution in [1.82, 2.24) is 15.0 Å². The van der Waals surface area contributed by atoms with Gasteiger partial charge in [-0.3, -0.25) is 9.59 Å². The van der Waals surface area contributed by atoms with Crippen molar-refractivity contribution in [2.24, 2.45) is 0 Å². The second kappa shape index (κ2) is 9.66. The van der Waals surface area contributed by atoms with Gasteiger partial charge in [0.25, 0.3) is 5.91 Å². The van der Waals surface area contributed by atoms with Gasteiger partial charge in [0.15, 0.2) is 0 Å². The van der Waals surface area contributed by atoms with E-state index in [0.717, 1.165) is 12.1 Å². The fourth-order valence-electron chi connectivity index (χ4n) is 3.89. The van der Waals surface area contributed by atoms with Crippen LogP contribution in [0.3, 0.4) is 0 Å². The van der Waals surface area contributed by atoms with Gasteiger partial charge in [0.2, 0.25) is 17.8 Å². The fraction of sp³-hybridized carbons (Fsp3) is 0.333. The number of likely N-dealkylation sites (tertiary alicyclic amines) is 1. The number of hydrogen-bond donors (Lipinski definition) is 0. The van der Waals surface area contributed by atoms with Crippen molar-refractivity contribution in [3.05, 3.63) is 71.6 Å². The summed E-state index contributed by atoms with van der Waals surface area (Å²) in [6.45, 7) is 2.08. The van der Waals surface area contributed by atoms with Gasteiger partial charge in [-0.15, -0.1) is 0 Å². The fourth-order valence-corrected chi connectivity index (χ4v) is 3.89. The van der Waals surface area contributed by atoms with Gasteiger partial charge in [-0.2, -0.15) is 18.2 Å². The number of carbonyl (C=O) groups excluding carboxylic acids is 2. The predicted molar refractivity (Wildman–Crippen MR) is 114 cm³/mol. The number of esters is 1. The Hall–Kier alpha value is -3.69. The SMILES string of the molecule is CC(=O)OC(C(=O)N1CCC(c2nc(-c3ccc(C(F)(F)F)cc3)no2)CC1)c1ccccc1. The number of piperidine rings is 1. The second-order valence-corrected chi connectivity index (χ2v) is 8.03. The van der Waals surface area contributed by atoms with Crippen LogP contribution in [0.2, 0.25) is 0 Å². The number of nitrogens with zero attached hydrogens (tertiary/aromatic N) is 3. The lowest BCUT2D eigenvalue weighted by atomic mass is 9.96. The number of halogens is 3. The molecule has 10 heteroatoms. The van der Waals surface area contributed by atoms with Crippen LogP contribution in [0, 0.1) is 0 Å². The molecule has 3 aromatic rings. The van der Waals surface area contributed by atoms with Crippen LogP contribution >= 0.6 is 0 Å². The Morgan fingerprint density at radius 1 is 1.06 bits per heavy atom. The smallest absolute Gasteiger partial charge is 0.416 e. The molecule has 1 aliphatic rings. The van der Waals surface area contributed by atoms with Gasteiger partial charge in [-0.1, -0.05) is 47.6 Å². The molecule has 0 bridgehead atoms. The number of hydrogen-bond acceptors (Lipinski definition) is 6. The number of ether oxygens (including phenoxy) is 1. The average Bonchev–Trinajstić information content (AvgIpc) is 3.33. The number of amides is 1. The molecule has 2 heterocycles. The molecule has 1 aliphatic heterocycles. The second-order valence-electron chi connectivity index (χ2n) is 8.03. The molecule has 0 radical (unpaired) electrons. The van der Waals surface area contributed by atoms with Gasteiger partial charge in [0, 0.05) is 37.1 Å². The maximum Gasteiger partial charge on any atom is 0.416 e. The van der Waals surface area contributed by atoms with Crippen molar-refractivity contribution < 1.29 is 32.0 Å². The number of aromatic nitrogens is 2. The zero-order valence-electron chi connectivity index (χ0n) is 18.3. The molecule has 34 heavy (non-hydrogen) atoms. The lowest BCUT2D eigenvalue weighted by Gasteiger charge is -2.32. The molecule has 1 aromatic heterocycles. The van der Waals surface area contributed by atoms with Crippen LogP contribution in [-0.2, 0) is 20.5 Å². The van der Waals surface area contributed by atoms with Crippen molar-refractivity contribution in [2.75, 3.05) is 13.1 Å². The maximum atomic E-state index is 13.1. The molecule has 0 N–H and O–H groups in total. The molecular weight excluding hydrogens is 451 g/mol. The third-order valence-corrected chi connectivity index (χ3v) is 5.68. The van der Waals surface area contributed by atoms with Gasteiger partial charge in [0.05, 0.1) is 5.56 Å². The maximum absolute atomic E-state index is 13.1. The van der Waals surface area contributed by atoms with E-state index in [-0.39, 0.29) is 17.6 Å². The molecular formula is C24H22F3N3O4. The summed E-state index contributed by atoms with van der Waals surface area (Å²) in [6.07, 6.45) is -4.31. The molecule has 1 fully saturated rings. The molecule has 178 valence electrons. The largest absolute Gasteiger partial charge is 0.447 e. The summed E-state index contributed by atoms with van der Waals surface area (Å²) in [4.78, 5) is 30.6. The standard InChI is InChI=1S/C24H22F3N3O4/c1-15(31)33-20(16-5-3-2-4-6-16)23(32)30-13-11-18(12-14-30)22-28-21(29-34-22)17-7-9-19(10-8-17)24(25,26)27/h2-10,18,20H,11-14H2,1H3. The summed E-state index contributed by atoms with van der Waals surface area (Å²) in [5, 5.41) is 3.90. The third kappa shape index (κ3) is 5.27. The highest BCUT2D eigenvalue weighted by atomic mass is 19.4. The molecule has 1 atom stereocenters. The zero-order chi connectivity index (χ0) is 24.3. The number of benzene rings is 2. The van der Waals surface area contributed by atoms with Crippen LogP contribution in [0.25, 0.3) is 11.4 Å². The molecule has 0 spiro atoms. The van der Waals surface area contributed by atoms with E-state index in [2.05, 4.69) is 10.1 Å². The van der Waals surface area contributed by atoms with E-state index in [1.165, 1.54) is 19.1 Å². The van der Waals surface area contributed by atoms with Gasteiger partial charge >= 0.3 is 12.1 Å². The monoisotopic (exact) mass is 473 g/mol. The van der Waals surface area contributed by atoms with Crippen molar-refractivity contribution in [1.29, 1.82) is 0 Å². The van der Waals surface area contributed by atoms with E-state index in [0.29, 0.717) is 42.9 Å². The Morgan fingerprint density at radius 2 is 1.71 bits per heavy atom. The molecule has 7 nitrogen and oxygen atoms in total. The summed E-state index contributed by atoms with van der Waals surface area (Å²) in [6, 6.07) is 13.4. The quantitative estimate of drug-likeness (QED) is 0.497. The van der Waals surface area contributed by atoms with E-state index >= 15 is 0 Å². The molecule has 2 aromatic carbocycles. The Morgan fingerprint density at radius 3 is 2.29 bits per heavy atom. The van der Waals surface area contributed by atoms with Gasteiger partial charge in [0.1, 0.15) is 0 Å². The molecule has 1 amide bonds. The van der Waals surface area contributed by atoms with Gasteiger partial charge < -0.3 is 14.2 Å². The zero-order valence-corrected chi connectivity index (χ0v) is 18.3. The highest BCUT2D eigenvalue weighted by Crippen LogP contribution is 2.32. The molecule has 0 saturated carbocycles. The Kier molecular flexibility index (Phi) is 6.67. The van der Waals surface area contributed by atoms with Crippen LogP contribution in [-0.4, -0.2) is 40.0 Å². The Balaban J connectivity index is 1.40. The lowest BCUT2D eigenvalue weighted by molar-refractivity contribution is -0.159. The topological polar surface area (TPSA) is 85.5 Å². The van der Waals surface area contributed by atoms with Gasteiger partial charge in [-0.25, -0.2) is 0 Å². The minimum absolute atomic E-state index is 0.0938. The lowest BCUT2D eigenvalue weighted by Crippen LogP contribution is -2.41. The van der Waals surface area contributed by atoms with Crippen LogP contribution in [0.15, 0.2) is 59.1 Å². The number of alkyl halides is 3. The average molecular weight is 473 g/mol. The predicted octanol–water partition coefficient (Wildman–Crippen LogP) is 4.77. The minimum Gasteiger partial charge on any atom is -0.447 e. The van der Waals surface area contributed by atoms with Crippen LogP contribution < -0.4 is 0 Å². The van der Waals surface area contributed by atoms with Crippen LogP contribution in [0.1, 0.15) is 48.8 Å². The van der Waals surface area contributed by atoms with Crippen LogP contribution in [0.4, 0.5) is 13.2 Å². The van der Waals surface area contributed by atoms with E-state index < -0.39 is 23.8 Å². The summed E-state index contributed by atoms with van der Waals surface area (Å²) in [5.41, 5.74) is 0.269. The van der Waals surface area contributed by atoms with E-state index in [1.807, 2.05) is 6.07 Å². The highest BCUT2D eigenvalue weighted by molar-refractivity contribution is 5.84. The number of carbonyl (C=O) groups is 2. The van der Waals surface area contributed by atoms with E-state index in [9.17, 15) is 22.8 Å². The summed E-state index contributed by atoms with van der Waals surface area (Å²) in [5.74, 6) is -0.346. The first-order valence-electron chi connectivity index (χ1n) is 10.7. The van der Waals surface area contributed by atoms with Crippen LogP contribution in [0.5, 0.6) is 0 Å². The van der Waals surface area contributed by atoms with Crippen molar-refractivity contribution in [3.8, 4) is 11.4 Å². The van der Waals surface area contributed by atoms with Crippen molar-refractivity contribution in [2.45, 2.75) is 38.0 Å². The molecule has 4 rings (SSSR count). The Bertz CT molecular complexity index is 1140. The summed E-state index contributed by atoms with van der Waals surface area (Å²) >= 11 is 0. The number of rotatable bonds is 5. The molecule has 1 saturated heterocycles. The normalized spacial score (nSPS) is 15.7. The minimum atomic E-state index is -4.42. The first kappa shape index (κ1) is 23.5. The molecule has 0 aliphatic carbocycles. The van der Waals surface area contributed by atoms with E-state index in [4.69, 9.17) is 9.26 Å². The summed E-state index contributed by atoms with van der Waals surface area (Å²) in [7, 11) is 0. The highest BCUT2D eigenvalue weighted by Gasteiger charge is 2.33. The van der Waals surface area contributed by atoms with E-state index in [1.54, 1.807) is 29.2 Å². The first-order chi connectivity index (χ1) is 16.2. The third-order valence-electron chi connectivity index (χ3n) is 5.68.